The molecule has 0 bridgehead atoms. The number of aliphatic carboxylic acids is 1. The molecule has 1 aromatic heterocycles. The minimum atomic E-state index is -1.08. The molecule has 0 saturated heterocycles. The van der Waals surface area contributed by atoms with Crippen LogP contribution in [0.15, 0.2) is 33.9 Å². The summed E-state index contributed by atoms with van der Waals surface area (Å²) in [6.07, 6.45) is 1.82. The Kier molecular flexibility index (Phi) is 6.10. The maximum absolute atomic E-state index is 12.0. The standard InChI is InChI=1S/C17H21N3O5/c1-2-3-7-12(16(23)24)18-14(21)9-10-20-13-8-5-4-6-11(13)15(22)19-17(20)25/h4-6,8,12H,2-3,7,9-10H2,1H3,(H,18,21)(H,23,24)(H,19,22,25). The van der Waals surface area contributed by atoms with E-state index in [1.807, 2.05) is 6.92 Å². The first-order valence-corrected chi connectivity index (χ1v) is 8.18. The third kappa shape index (κ3) is 4.56. The molecule has 8 nitrogen and oxygen atoms in total. The number of hydrogen-bond donors (Lipinski definition) is 3. The highest BCUT2D eigenvalue weighted by Crippen LogP contribution is 2.07. The molecule has 1 amide bonds. The van der Waals surface area contributed by atoms with Gasteiger partial charge in [0.2, 0.25) is 5.91 Å². The molecular formula is C17H21N3O5. The van der Waals surface area contributed by atoms with Crippen LogP contribution >= 0.6 is 0 Å². The number of carbonyl (C=O) groups is 2. The number of aromatic amines is 1. The number of rotatable bonds is 8. The number of carboxylic acids is 1. The van der Waals surface area contributed by atoms with E-state index < -0.39 is 29.2 Å². The topological polar surface area (TPSA) is 121 Å². The highest BCUT2D eigenvalue weighted by atomic mass is 16.4. The fourth-order valence-corrected chi connectivity index (χ4v) is 2.61. The average Bonchev–Trinajstić information content (AvgIpc) is 2.58. The molecule has 1 aromatic carbocycles. The highest BCUT2D eigenvalue weighted by Gasteiger charge is 2.19. The van der Waals surface area contributed by atoms with Gasteiger partial charge in [0.05, 0.1) is 10.9 Å². The largest absolute Gasteiger partial charge is 0.480 e. The molecule has 2 aromatic rings. The van der Waals surface area contributed by atoms with Gasteiger partial charge in [0.25, 0.3) is 5.56 Å². The summed E-state index contributed by atoms with van der Waals surface area (Å²) >= 11 is 0. The van der Waals surface area contributed by atoms with E-state index in [2.05, 4.69) is 10.3 Å². The second kappa shape index (κ2) is 8.27. The van der Waals surface area contributed by atoms with Crippen molar-refractivity contribution in [2.75, 3.05) is 0 Å². The van der Waals surface area contributed by atoms with Crippen LogP contribution in [0.4, 0.5) is 0 Å². The van der Waals surface area contributed by atoms with Gasteiger partial charge < -0.3 is 10.4 Å². The van der Waals surface area contributed by atoms with E-state index in [1.165, 1.54) is 4.57 Å². The number of benzene rings is 1. The van der Waals surface area contributed by atoms with Crippen LogP contribution in [-0.2, 0) is 16.1 Å². The summed E-state index contributed by atoms with van der Waals surface area (Å²) in [6, 6.07) is 5.67. The summed E-state index contributed by atoms with van der Waals surface area (Å²) < 4.78 is 1.30. The van der Waals surface area contributed by atoms with Crippen LogP contribution in [0, 0.1) is 0 Å². The van der Waals surface area contributed by atoms with E-state index in [-0.39, 0.29) is 13.0 Å². The predicted octanol–water partition coefficient (Wildman–Crippen LogP) is 0.839. The first-order valence-electron chi connectivity index (χ1n) is 8.18. The second-order valence-corrected chi connectivity index (χ2v) is 5.78. The number of carbonyl (C=O) groups excluding carboxylic acids is 1. The Bertz CT molecular complexity index is 884. The predicted molar refractivity (Wildman–Crippen MR) is 92.5 cm³/mol. The number of nitrogens with one attached hydrogen (secondary N) is 2. The highest BCUT2D eigenvalue weighted by molar-refractivity contribution is 5.83. The average molecular weight is 347 g/mol. The van der Waals surface area contributed by atoms with Crippen molar-refractivity contribution in [1.29, 1.82) is 0 Å². The molecule has 1 unspecified atom stereocenters. The summed E-state index contributed by atoms with van der Waals surface area (Å²) in [4.78, 5) is 49.3. The number of aryl methyl sites for hydroxylation is 1. The number of hydrogen-bond acceptors (Lipinski definition) is 4. The fourth-order valence-electron chi connectivity index (χ4n) is 2.61. The van der Waals surface area contributed by atoms with Gasteiger partial charge in [-0.15, -0.1) is 0 Å². The van der Waals surface area contributed by atoms with Crippen LogP contribution in [0.3, 0.4) is 0 Å². The van der Waals surface area contributed by atoms with Gasteiger partial charge in [-0.25, -0.2) is 9.59 Å². The lowest BCUT2D eigenvalue weighted by atomic mass is 10.1. The van der Waals surface area contributed by atoms with E-state index in [0.717, 1.165) is 6.42 Å². The Balaban J connectivity index is 2.12. The van der Waals surface area contributed by atoms with Gasteiger partial charge in [-0.2, -0.15) is 0 Å². The molecule has 0 fully saturated rings. The summed E-state index contributed by atoms with van der Waals surface area (Å²) in [7, 11) is 0. The zero-order valence-corrected chi connectivity index (χ0v) is 13.9. The number of para-hydroxylation sites is 1. The summed E-state index contributed by atoms with van der Waals surface area (Å²) in [6.45, 7) is 1.98. The van der Waals surface area contributed by atoms with Gasteiger partial charge in [0.1, 0.15) is 6.04 Å². The molecule has 134 valence electrons. The molecule has 0 saturated carbocycles. The number of H-pyrrole nitrogens is 1. The molecule has 0 aliphatic carbocycles. The molecule has 25 heavy (non-hydrogen) atoms. The molecular weight excluding hydrogens is 326 g/mol. The molecule has 3 N–H and O–H groups in total. The van der Waals surface area contributed by atoms with Crippen LogP contribution in [-0.4, -0.2) is 32.6 Å². The quantitative estimate of drug-likeness (QED) is 0.653. The van der Waals surface area contributed by atoms with Crippen LogP contribution in [0.2, 0.25) is 0 Å². The Morgan fingerprint density at radius 3 is 2.68 bits per heavy atom. The van der Waals surface area contributed by atoms with E-state index in [4.69, 9.17) is 5.11 Å². The fraction of sp³-hybridized carbons (Fsp3) is 0.412. The third-order valence-electron chi connectivity index (χ3n) is 3.95. The number of amides is 1. The van der Waals surface area contributed by atoms with Crippen molar-refractivity contribution in [1.82, 2.24) is 14.9 Å². The molecule has 0 spiro atoms. The third-order valence-corrected chi connectivity index (χ3v) is 3.95. The minimum absolute atomic E-state index is 0.0437. The van der Waals surface area contributed by atoms with Crippen molar-refractivity contribution >= 4 is 22.8 Å². The van der Waals surface area contributed by atoms with Gasteiger partial charge in [-0.1, -0.05) is 31.9 Å². The lowest BCUT2D eigenvalue weighted by Gasteiger charge is -2.15. The molecule has 2 rings (SSSR count). The Morgan fingerprint density at radius 2 is 2.00 bits per heavy atom. The monoisotopic (exact) mass is 347 g/mol. The first-order chi connectivity index (χ1) is 11.9. The zero-order chi connectivity index (χ0) is 18.4. The van der Waals surface area contributed by atoms with E-state index in [9.17, 15) is 19.2 Å². The van der Waals surface area contributed by atoms with E-state index >= 15 is 0 Å². The molecule has 0 aliphatic heterocycles. The molecule has 0 aliphatic rings. The zero-order valence-electron chi connectivity index (χ0n) is 13.9. The molecule has 1 heterocycles. The van der Waals surface area contributed by atoms with Gasteiger partial charge in [-0.3, -0.25) is 19.1 Å². The normalized spacial score (nSPS) is 12.0. The smallest absolute Gasteiger partial charge is 0.328 e. The van der Waals surface area contributed by atoms with Gasteiger partial charge >= 0.3 is 11.7 Å². The minimum Gasteiger partial charge on any atom is -0.480 e. The summed E-state index contributed by atoms with van der Waals surface area (Å²) in [5, 5.41) is 12.0. The Hall–Kier alpha value is -2.90. The van der Waals surface area contributed by atoms with Crippen molar-refractivity contribution in [2.24, 2.45) is 0 Å². The Morgan fingerprint density at radius 1 is 1.28 bits per heavy atom. The van der Waals surface area contributed by atoms with Gasteiger partial charge in [0.15, 0.2) is 0 Å². The molecule has 0 radical (unpaired) electrons. The van der Waals surface area contributed by atoms with Crippen LogP contribution in [0.5, 0.6) is 0 Å². The van der Waals surface area contributed by atoms with E-state index in [1.54, 1.807) is 24.3 Å². The van der Waals surface area contributed by atoms with Crippen molar-refractivity contribution in [2.45, 2.75) is 45.2 Å². The maximum Gasteiger partial charge on any atom is 0.328 e. The van der Waals surface area contributed by atoms with Gasteiger partial charge in [-0.05, 0) is 18.6 Å². The number of carboxylic acid groups (broad SMARTS) is 1. The van der Waals surface area contributed by atoms with Crippen molar-refractivity contribution < 1.29 is 14.7 Å². The van der Waals surface area contributed by atoms with Crippen molar-refractivity contribution in [3.8, 4) is 0 Å². The lowest BCUT2D eigenvalue weighted by molar-refractivity contribution is -0.142. The van der Waals surface area contributed by atoms with E-state index in [0.29, 0.717) is 23.7 Å². The van der Waals surface area contributed by atoms with Crippen LogP contribution in [0.25, 0.3) is 10.9 Å². The van der Waals surface area contributed by atoms with Crippen molar-refractivity contribution in [3.63, 3.8) is 0 Å². The SMILES string of the molecule is CCCCC(NC(=O)CCn1c(=O)[nH]c(=O)c2ccccc21)C(=O)O. The number of aromatic nitrogens is 2. The number of fused-ring (bicyclic) bond motifs is 1. The van der Waals surface area contributed by atoms with Crippen LogP contribution in [0.1, 0.15) is 32.6 Å². The maximum atomic E-state index is 12.0. The lowest BCUT2D eigenvalue weighted by Crippen LogP contribution is -2.41. The summed E-state index contributed by atoms with van der Waals surface area (Å²) in [5.41, 5.74) is -0.645. The molecule has 8 heteroatoms. The first kappa shape index (κ1) is 18.4. The number of nitrogens with zero attached hydrogens (tertiary/aromatic N) is 1. The van der Waals surface area contributed by atoms with Gasteiger partial charge in [0, 0.05) is 13.0 Å². The number of unbranched alkanes of at least 4 members (excludes halogenated alkanes) is 1. The Labute approximate surface area is 143 Å². The van der Waals surface area contributed by atoms with Crippen molar-refractivity contribution in [3.05, 3.63) is 45.1 Å². The second-order valence-electron chi connectivity index (χ2n) is 5.78. The van der Waals surface area contributed by atoms with Crippen LogP contribution < -0.4 is 16.6 Å². The molecule has 1 atom stereocenters. The summed E-state index contributed by atoms with van der Waals surface area (Å²) in [5.74, 6) is -1.53.